The van der Waals surface area contributed by atoms with Crippen LogP contribution in [0.1, 0.15) is 0 Å². The molecule has 0 aliphatic carbocycles. The highest BCUT2D eigenvalue weighted by Gasteiger charge is 1.85. The number of nitrogens with two attached hydrogens (primary N) is 2. The molecule has 0 atom stereocenters. The summed E-state index contributed by atoms with van der Waals surface area (Å²) in [6.07, 6.45) is 0. The van der Waals surface area contributed by atoms with Crippen LogP contribution in [0.15, 0.2) is 0 Å². The van der Waals surface area contributed by atoms with Crippen LogP contribution in [-0.2, 0) is 14.6 Å². The predicted molar refractivity (Wildman–Crippen MR) is 31.1 cm³/mol. The lowest BCUT2D eigenvalue weighted by atomic mass is 10.8. The standard InChI is InChI=1S/C4H12N2O3/c5-1-2-8-9-4-3-7-6/h1-6H2. The highest BCUT2D eigenvalue weighted by molar-refractivity contribution is 4.22. The number of hydrogen-bond acceptors (Lipinski definition) is 5. The minimum Gasteiger partial charge on any atom is -0.328 e. The van der Waals surface area contributed by atoms with Gasteiger partial charge in [0.25, 0.3) is 0 Å². The van der Waals surface area contributed by atoms with Gasteiger partial charge in [0.05, 0.1) is 13.2 Å². The van der Waals surface area contributed by atoms with E-state index in [-0.39, 0.29) is 0 Å². The van der Waals surface area contributed by atoms with Crippen LogP contribution in [0.25, 0.3) is 0 Å². The van der Waals surface area contributed by atoms with Crippen molar-refractivity contribution in [3.8, 4) is 0 Å². The van der Waals surface area contributed by atoms with E-state index < -0.39 is 0 Å². The molecule has 9 heavy (non-hydrogen) atoms. The molecule has 0 heterocycles. The fraction of sp³-hybridized carbons (Fsp3) is 1.00. The molecule has 0 spiro atoms. The maximum atomic E-state index is 5.08. The zero-order valence-corrected chi connectivity index (χ0v) is 5.21. The molecule has 0 saturated carbocycles. The third-order valence-corrected chi connectivity index (χ3v) is 0.569. The Morgan fingerprint density at radius 3 is 2.22 bits per heavy atom. The van der Waals surface area contributed by atoms with E-state index in [1.54, 1.807) is 0 Å². The topological polar surface area (TPSA) is 79.7 Å². The second-order valence-corrected chi connectivity index (χ2v) is 1.30. The fourth-order valence-electron chi connectivity index (χ4n) is 0.248. The second kappa shape index (κ2) is 7.80. The summed E-state index contributed by atoms with van der Waals surface area (Å²) >= 11 is 0. The summed E-state index contributed by atoms with van der Waals surface area (Å²) in [5, 5.41) is 0. The smallest absolute Gasteiger partial charge is 0.108 e. The molecule has 0 fully saturated rings. The Morgan fingerprint density at radius 2 is 1.67 bits per heavy atom. The van der Waals surface area contributed by atoms with Crippen LogP contribution in [0.4, 0.5) is 0 Å². The molecule has 5 heteroatoms. The summed E-state index contributed by atoms with van der Waals surface area (Å²) in [4.78, 5) is 13.2. The number of rotatable bonds is 6. The minimum absolute atomic E-state index is 0.324. The van der Waals surface area contributed by atoms with Gasteiger partial charge in [-0.25, -0.2) is 15.7 Å². The molecule has 56 valence electrons. The Kier molecular flexibility index (Phi) is 7.63. The molecular weight excluding hydrogens is 124 g/mol. The first kappa shape index (κ1) is 8.80. The van der Waals surface area contributed by atoms with Gasteiger partial charge in [-0.15, -0.1) is 0 Å². The third kappa shape index (κ3) is 7.80. The molecule has 0 aliphatic heterocycles. The molecule has 4 N–H and O–H groups in total. The summed E-state index contributed by atoms with van der Waals surface area (Å²) in [5.74, 6) is 4.68. The van der Waals surface area contributed by atoms with Crippen molar-refractivity contribution in [1.82, 2.24) is 0 Å². The normalized spacial score (nSPS) is 10.0. The predicted octanol–water partition coefficient (Wildman–Crippen LogP) is -1.22. The second-order valence-electron chi connectivity index (χ2n) is 1.30. The van der Waals surface area contributed by atoms with Crippen LogP contribution in [-0.4, -0.2) is 26.4 Å². The van der Waals surface area contributed by atoms with Gasteiger partial charge >= 0.3 is 0 Å². The first-order chi connectivity index (χ1) is 4.41. The Bertz CT molecular complexity index is 47.1. The van der Waals surface area contributed by atoms with E-state index >= 15 is 0 Å². The number of hydrogen-bond donors (Lipinski definition) is 2. The zero-order valence-electron chi connectivity index (χ0n) is 5.21. The largest absolute Gasteiger partial charge is 0.328 e. The quantitative estimate of drug-likeness (QED) is 0.272. The van der Waals surface area contributed by atoms with Crippen molar-refractivity contribution >= 4 is 0 Å². The Hall–Kier alpha value is -0.200. The van der Waals surface area contributed by atoms with Gasteiger partial charge in [0, 0.05) is 6.54 Å². The van der Waals surface area contributed by atoms with Gasteiger partial charge in [0.1, 0.15) is 6.61 Å². The average Bonchev–Trinajstić information content (AvgIpc) is 1.89. The third-order valence-electron chi connectivity index (χ3n) is 0.569. The van der Waals surface area contributed by atoms with E-state index in [4.69, 9.17) is 5.73 Å². The van der Waals surface area contributed by atoms with Crippen molar-refractivity contribution in [3.05, 3.63) is 0 Å². The van der Waals surface area contributed by atoms with Crippen molar-refractivity contribution in [1.29, 1.82) is 0 Å². The maximum Gasteiger partial charge on any atom is 0.108 e. The minimum atomic E-state index is 0.324. The molecule has 0 aliphatic rings. The molecule has 0 unspecified atom stereocenters. The first-order valence-electron chi connectivity index (χ1n) is 2.68. The summed E-state index contributed by atoms with van der Waals surface area (Å²) in [7, 11) is 0. The molecule has 0 bridgehead atoms. The van der Waals surface area contributed by atoms with Crippen LogP contribution in [0.2, 0.25) is 0 Å². The van der Waals surface area contributed by atoms with E-state index in [1.807, 2.05) is 0 Å². The summed E-state index contributed by atoms with van der Waals surface area (Å²) in [5.41, 5.74) is 5.08. The lowest BCUT2D eigenvalue weighted by molar-refractivity contribution is -0.297. The van der Waals surface area contributed by atoms with Crippen molar-refractivity contribution in [2.24, 2.45) is 11.6 Å². The molecule has 0 aromatic heterocycles. The molecule has 5 nitrogen and oxygen atoms in total. The Balaban J connectivity index is 2.60. The lowest BCUT2D eigenvalue weighted by Gasteiger charge is -1.99. The summed E-state index contributed by atoms with van der Waals surface area (Å²) in [6.45, 7) is 1.50. The van der Waals surface area contributed by atoms with Gasteiger partial charge in [0.15, 0.2) is 0 Å². The highest BCUT2D eigenvalue weighted by Crippen LogP contribution is 1.75. The molecule has 0 radical (unpaired) electrons. The van der Waals surface area contributed by atoms with Crippen molar-refractivity contribution < 1.29 is 14.6 Å². The van der Waals surface area contributed by atoms with Crippen molar-refractivity contribution in [2.45, 2.75) is 0 Å². The van der Waals surface area contributed by atoms with E-state index in [0.29, 0.717) is 26.4 Å². The van der Waals surface area contributed by atoms with Crippen LogP contribution in [0.3, 0.4) is 0 Å². The van der Waals surface area contributed by atoms with Crippen LogP contribution < -0.4 is 11.6 Å². The maximum absolute atomic E-state index is 5.08. The van der Waals surface area contributed by atoms with Crippen LogP contribution in [0.5, 0.6) is 0 Å². The first-order valence-corrected chi connectivity index (χ1v) is 2.68. The monoisotopic (exact) mass is 136 g/mol. The van der Waals surface area contributed by atoms with Gasteiger partial charge in [0.2, 0.25) is 0 Å². The van der Waals surface area contributed by atoms with Gasteiger partial charge in [-0.1, -0.05) is 0 Å². The van der Waals surface area contributed by atoms with E-state index in [2.05, 4.69) is 20.5 Å². The molecule has 0 amide bonds. The van der Waals surface area contributed by atoms with Crippen LogP contribution in [0, 0.1) is 0 Å². The van der Waals surface area contributed by atoms with Crippen molar-refractivity contribution in [3.63, 3.8) is 0 Å². The SMILES string of the molecule is NCCOOCCON. The van der Waals surface area contributed by atoms with Gasteiger partial charge < -0.3 is 10.6 Å². The summed E-state index contributed by atoms with van der Waals surface area (Å²) in [6, 6.07) is 0. The fourth-order valence-corrected chi connectivity index (χ4v) is 0.248. The van der Waals surface area contributed by atoms with Gasteiger partial charge in [-0.05, 0) is 0 Å². The Labute approximate surface area is 53.7 Å². The lowest BCUT2D eigenvalue weighted by Crippen LogP contribution is -2.12. The molecule has 0 aromatic rings. The Morgan fingerprint density at radius 1 is 1.00 bits per heavy atom. The van der Waals surface area contributed by atoms with E-state index in [9.17, 15) is 0 Å². The average molecular weight is 136 g/mol. The summed E-state index contributed by atoms with van der Waals surface area (Å²) < 4.78 is 0. The van der Waals surface area contributed by atoms with Crippen LogP contribution >= 0.6 is 0 Å². The molecular formula is C4H12N2O3. The molecule has 0 rings (SSSR count). The van der Waals surface area contributed by atoms with E-state index in [1.165, 1.54) is 0 Å². The molecule has 0 saturated heterocycles. The van der Waals surface area contributed by atoms with E-state index in [0.717, 1.165) is 0 Å². The van der Waals surface area contributed by atoms with Crippen molar-refractivity contribution in [2.75, 3.05) is 26.4 Å². The van der Waals surface area contributed by atoms with Gasteiger partial charge in [-0.2, -0.15) is 0 Å². The highest BCUT2D eigenvalue weighted by atomic mass is 17.2. The van der Waals surface area contributed by atoms with Gasteiger partial charge in [-0.3, -0.25) is 0 Å². The zero-order chi connectivity index (χ0) is 6.95. The molecule has 0 aromatic carbocycles.